The van der Waals surface area contributed by atoms with E-state index in [9.17, 15) is 18.0 Å². The number of ether oxygens (including phenoxy) is 1. The first kappa shape index (κ1) is 20.7. The molecule has 0 spiro atoms. The largest absolute Gasteiger partial charge is 0.452 e. The van der Waals surface area contributed by atoms with Crippen LogP contribution in [0, 0.1) is 0 Å². The molecule has 8 heteroatoms. The molecule has 1 aromatic carbocycles. The van der Waals surface area contributed by atoms with Crippen LogP contribution in [0.5, 0.6) is 0 Å². The maximum Gasteiger partial charge on any atom is 0.338 e. The lowest BCUT2D eigenvalue weighted by Gasteiger charge is -2.33. The van der Waals surface area contributed by atoms with Crippen LogP contribution in [0.25, 0.3) is 0 Å². The second-order valence-electron chi connectivity index (χ2n) is 6.47. The van der Waals surface area contributed by atoms with Gasteiger partial charge in [-0.25, -0.2) is 13.2 Å². The summed E-state index contributed by atoms with van der Waals surface area (Å²) in [6, 6.07) is 4.08. The molecular weight excluding hydrogens is 378 g/mol. The van der Waals surface area contributed by atoms with Crippen LogP contribution < -0.4 is 0 Å². The van der Waals surface area contributed by atoms with E-state index in [1.807, 2.05) is 6.92 Å². The van der Waals surface area contributed by atoms with E-state index in [1.54, 1.807) is 4.90 Å². The molecule has 0 aliphatic heterocycles. The van der Waals surface area contributed by atoms with E-state index in [0.717, 1.165) is 31.9 Å². The van der Waals surface area contributed by atoms with Crippen molar-refractivity contribution in [3.63, 3.8) is 0 Å². The first-order valence-electron chi connectivity index (χ1n) is 8.70. The Morgan fingerprint density at radius 2 is 1.88 bits per heavy atom. The molecule has 1 aliphatic carbocycles. The fraction of sp³-hybridized carbons (Fsp3) is 0.556. The summed E-state index contributed by atoms with van der Waals surface area (Å²) < 4.78 is 28.5. The molecule has 144 valence electrons. The van der Waals surface area contributed by atoms with E-state index < -0.39 is 15.8 Å². The lowest BCUT2D eigenvalue weighted by atomic mass is 9.94. The first-order valence-corrected chi connectivity index (χ1v) is 11.0. The van der Waals surface area contributed by atoms with Gasteiger partial charge in [0.25, 0.3) is 5.91 Å². The van der Waals surface area contributed by atoms with Crippen LogP contribution in [-0.4, -0.2) is 50.6 Å². The van der Waals surface area contributed by atoms with E-state index in [2.05, 4.69) is 0 Å². The van der Waals surface area contributed by atoms with E-state index in [-0.39, 0.29) is 34.0 Å². The summed E-state index contributed by atoms with van der Waals surface area (Å²) in [6.45, 7) is 2.12. The standard InChI is InChI=1S/C18H24ClNO5S/c1-3-20(14-7-5-4-6-8-14)17(21)12-25-18(22)13-9-10-15(19)16(11-13)26(2,23)24/h9-11,14H,3-8,12H2,1-2H3. The van der Waals surface area contributed by atoms with E-state index in [0.29, 0.717) is 6.54 Å². The molecule has 0 saturated heterocycles. The third-order valence-electron chi connectivity index (χ3n) is 4.57. The highest BCUT2D eigenvalue weighted by Crippen LogP contribution is 2.24. The Morgan fingerprint density at radius 1 is 1.23 bits per heavy atom. The third-order valence-corrected chi connectivity index (χ3v) is 6.15. The van der Waals surface area contributed by atoms with Crippen molar-refractivity contribution in [2.75, 3.05) is 19.4 Å². The molecule has 2 rings (SSSR count). The molecule has 1 aliphatic rings. The van der Waals surface area contributed by atoms with E-state index >= 15 is 0 Å². The smallest absolute Gasteiger partial charge is 0.338 e. The van der Waals surface area contributed by atoms with Crippen LogP contribution in [0.1, 0.15) is 49.4 Å². The van der Waals surface area contributed by atoms with Gasteiger partial charge in [0.1, 0.15) is 0 Å². The zero-order valence-corrected chi connectivity index (χ0v) is 16.6. The Kier molecular flexibility index (Phi) is 7.06. The fourth-order valence-corrected chi connectivity index (χ4v) is 4.54. The highest BCUT2D eigenvalue weighted by atomic mass is 35.5. The normalized spacial score (nSPS) is 15.5. The Balaban J connectivity index is 2.02. The predicted molar refractivity (Wildman–Crippen MR) is 99.1 cm³/mol. The van der Waals surface area contributed by atoms with Crippen LogP contribution >= 0.6 is 11.6 Å². The molecule has 0 radical (unpaired) electrons. The highest BCUT2D eigenvalue weighted by molar-refractivity contribution is 7.90. The van der Waals surface area contributed by atoms with Gasteiger partial charge in [-0.1, -0.05) is 30.9 Å². The van der Waals surface area contributed by atoms with Crippen molar-refractivity contribution in [3.05, 3.63) is 28.8 Å². The molecule has 1 fully saturated rings. The SMILES string of the molecule is CCN(C(=O)COC(=O)c1ccc(Cl)c(S(C)(=O)=O)c1)C1CCCCC1. The Morgan fingerprint density at radius 3 is 2.46 bits per heavy atom. The molecular formula is C18H24ClNO5S. The van der Waals surface area contributed by atoms with Gasteiger partial charge in [-0.15, -0.1) is 0 Å². The maximum absolute atomic E-state index is 12.4. The van der Waals surface area contributed by atoms with Crippen LogP contribution in [-0.2, 0) is 19.4 Å². The number of hydrogen-bond donors (Lipinski definition) is 0. The molecule has 0 aromatic heterocycles. The zero-order valence-electron chi connectivity index (χ0n) is 15.0. The fourth-order valence-electron chi connectivity index (χ4n) is 3.24. The lowest BCUT2D eigenvalue weighted by Crippen LogP contribution is -2.43. The second-order valence-corrected chi connectivity index (χ2v) is 8.86. The molecule has 1 saturated carbocycles. The van der Waals surface area contributed by atoms with Crippen LogP contribution in [0.15, 0.2) is 23.1 Å². The number of halogens is 1. The minimum absolute atomic E-state index is 0.0367. The van der Waals surface area contributed by atoms with Crippen molar-refractivity contribution in [1.82, 2.24) is 4.90 Å². The van der Waals surface area contributed by atoms with Gasteiger partial charge in [0.15, 0.2) is 16.4 Å². The van der Waals surface area contributed by atoms with E-state index in [1.165, 1.54) is 24.6 Å². The molecule has 0 N–H and O–H groups in total. The van der Waals surface area contributed by atoms with Crippen LogP contribution in [0.3, 0.4) is 0 Å². The summed E-state index contributed by atoms with van der Waals surface area (Å²) in [6.07, 6.45) is 6.36. The van der Waals surface area contributed by atoms with Crippen molar-refractivity contribution < 1.29 is 22.7 Å². The third kappa shape index (κ3) is 5.20. The average Bonchev–Trinajstić information content (AvgIpc) is 2.60. The number of sulfone groups is 1. The van der Waals surface area contributed by atoms with Gasteiger partial charge in [-0.2, -0.15) is 0 Å². The number of amides is 1. The summed E-state index contributed by atoms with van der Waals surface area (Å²) in [4.78, 5) is 26.2. The number of nitrogens with zero attached hydrogens (tertiary/aromatic N) is 1. The minimum Gasteiger partial charge on any atom is -0.452 e. The van der Waals surface area contributed by atoms with Crippen molar-refractivity contribution in [3.8, 4) is 0 Å². The van der Waals surface area contributed by atoms with Gasteiger partial charge in [-0.05, 0) is 38.0 Å². The van der Waals surface area contributed by atoms with Gasteiger partial charge in [0.2, 0.25) is 0 Å². The zero-order chi connectivity index (χ0) is 19.3. The van der Waals surface area contributed by atoms with Gasteiger partial charge in [0.05, 0.1) is 15.5 Å². The number of esters is 1. The highest BCUT2D eigenvalue weighted by Gasteiger charge is 2.25. The number of likely N-dealkylation sites (N-methyl/N-ethyl adjacent to an activating group) is 1. The van der Waals surface area contributed by atoms with Gasteiger partial charge in [-0.3, -0.25) is 4.79 Å². The number of rotatable bonds is 6. The minimum atomic E-state index is -3.57. The molecule has 0 atom stereocenters. The number of hydrogen-bond acceptors (Lipinski definition) is 5. The molecule has 0 unspecified atom stereocenters. The van der Waals surface area contributed by atoms with Crippen LogP contribution in [0.4, 0.5) is 0 Å². The number of carbonyl (C=O) groups excluding carboxylic acids is 2. The Bertz CT molecular complexity index is 772. The van der Waals surface area contributed by atoms with Gasteiger partial charge >= 0.3 is 5.97 Å². The topological polar surface area (TPSA) is 80.8 Å². The quantitative estimate of drug-likeness (QED) is 0.684. The van der Waals surface area contributed by atoms with Crippen molar-refractivity contribution >= 4 is 33.3 Å². The van der Waals surface area contributed by atoms with Gasteiger partial charge in [0, 0.05) is 18.8 Å². The first-order chi connectivity index (χ1) is 12.2. The lowest BCUT2D eigenvalue weighted by molar-refractivity contribution is -0.137. The summed E-state index contributed by atoms with van der Waals surface area (Å²) in [5.74, 6) is -0.982. The monoisotopic (exact) mass is 401 g/mol. The summed E-state index contributed by atoms with van der Waals surface area (Å²) in [5, 5.41) is 0.0367. The predicted octanol–water partition coefficient (Wildman–Crippen LogP) is 3.08. The maximum atomic E-state index is 12.4. The average molecular weight is 402 g/mol. The molecule has 6 nitrogen and oxygen atoms in total. The number of carbonyl (C=O) groups is 2. The number of benzene rings is 1. The molecule has 1 aromatic rings. The second kappa shape index (κ2) is 8.86. The molecule has 0 bridgehead atoms. The molecule has 26 heavy (non-hydrogen) atoms. The Labute approximate surface area is 159 Å². The Hall–Kier alpha value is -1.60. The van der Waals surface area contributed by atoms with E-state index in [4.69, 9.17) is 16.3 Å². The van der Waals surface area contributed by atoms with Gasteiger partial charge < -0.3 is 9.64 Å². The summed E-state index contributed by atoms with van der Waals surface area (Å²) in [5.41, 5.74) is 0.0448. The summed E-state index contributed by atoms with van der Waals surface area (Å²) in [7, 11) is -3.57. The van der Waals surface area contributed by atoms with Crippen molar-refractivity contribution in [2.45, 2.75) is 50.0 Å². The van der Waals surface area contributed by atoms with Crippen LogP contribution in [0.2, 0.25) is 5.02 Å². The van der Waals surface area contributed by atoms with Crippen molar-refractivity contribution in [1.29, 1.82) is 0 Å². The molecule has 0 heterocycles. The molecule has 1 amide bonds. The van der Waals surface area contributed by atoms with Crippen molar-refractivity contribution in [2.24, 2.45) is 0 Å². The summed E-state index contributed by atoms with van der Waals surface area (Å²) >= 11 is 5.87.